The van der Waals surface area contributed by atoms with Crippen LogP contribution in [0.2, 0.25) is 0 Å². The largest absolute Gasteiger partial charge is 0.0622 e. The minimum Gasteiger partial charge on any atom is -0.0622 e. The van der Waals surface area contributed by atoms with Crippen LogP contribution in [0.25, 0.3) is 0 Å². The molecular weight excluding hydrogens is 98.0 g/mol. The Morgan fingerprint density at radius 2 is 1.33 bits per heavy atom. The molecule has 0 nitrogen and oxygen atoms in total. The third kappa shape index (κ3) is 4.89. The monoisotopic (exact) mass is 106 g/mol. The molecule has 1 aromatic rings. The van der Waals surface area contributed by atoms with Gasteiger partial charge in [-0.05, 0) is 6.92 Å². The first kappa shape index (κ1) is 12.1. The second kappa shape index (κ2) is 6.53. The molecule has 0 unspecified atom stereocenters. The fraction of sp³-hybridized carbons (Fsp3) is 0.143. The van der Waals surface area contributed by atoms with E-state index in [9.17, 15) is 0 Å². The Labute approximate surface area is 80.4 Å². The van der Waals surface area contributed by atoms with Crippen LogP contribution in [0.1, 0.15) is 5.56 Å². The van der Waals surface area contributed by atoms with Gasteiger partial charge in [0.1, 0.15) is 0 Å². The first-order valence-electron chi connectivity index (χ1n) is 2.41. The van der Waals surface area contributed by atoms with Crippen LogP contribution in [-0.4, -0.2) is 37.7 Å². The number of hydrogen-bond acceptors (Lipinski definition) is 0. The summed E-state index contributed by atoms with van der Waals surface area (Å²) < 4.78 is 0. The summed E-state index contributed by atoms with van der Waals surface area (Å²) in [7, 11) is 0. The summed E-state index contributed by atoms with van der Waals surface area (Å²) in [6.45, 7) is 2.08. The van der Waals surface area contributed by atoms with Crippen LogP contribution in [0.5, 0.6) is 0 Å². The van der Waals surface area contributed by atoms with Crippen molar-refractivity contribution in [1.82, 2.24) is 0 Å². The molecule has 0 heterocycles. The van der Waals surface area contributed by atoms with Crippen LogP contribution >= 0.6 is 0 Å². The zero-order chi connectivity index (χ0) is 5.11. The summed E-state index contributed by atoms with van der Waals surface area (Å²) in [5.41, 5.74) is 1.32. The van der Waals surface area contributed by atoms with Crippen molar-refractivity contribution in [2.45, 2.75) is 6.92 Å². The molecule has 9 heavy (non-hydrogen) atoms. The quantitative estimate of drug-likeness (QED) is 0.436. The Hall–Kier alpha value is 0.415. The molecule has 0 aromatic heterocycles. The summed E-state index contributed by atoms with van der Waals surface area (Å²) in [5.74, 6) is 0. The summed E-state index contributed by atoms with van der Waals surface area (Å²) in [5, 5.41) is 0. The van der Waals surface area contributed by atoms with Gasteiger partial charge in [-0.3, -0.25) is 0 Å². The molecule has 0 N–H and O–H groups in total. The Bertz CT molecular complexity index is 137. The number of aryl methyl sites for hydroxylation is 1. The van der Waals surface area contributed by atoms with E-state index in [2.05, 4.69) is 19.1 Å². The van der Waals surface area contributed by atoms with E-state index in [4.69, 9.17) is 0 Å². The van der Waals surface area contributed by atoms with E-state index >= 15 is 0 Å². The van der Waals surface area contributed by atoms with Gasteiger partial charge in [0.25, 0.3) is 0 Å². The average Bonchev–Trinajstić information content (AvgIpc) is 1.69. The zero-order valence-corrected chi connectivity index (χ0v) is 6.39. The molecule has 0 atom stereocenters. The van der Waals surface area contributed by atoms with Crippen molar-refractivity contribution in [3.63, 3.8) is 0 Å². The van der Waals surface area contributed by atoms with Crippen LogP contribution < -0.4 is 0 Å². The minimum atomic E-state index is 0. The smallest absolute Gasteiger partial charge is 0 e. The summed E-state index contributed by atoms with van der Waals surface area (Å²) in [6, 6.07) is 10.3. The molecule has 0 saturated carbocycles. The maximum absolute atomic E-state index is 2.08. The van der Waals surface area contributed by atoms with Gasteiger partial charge in [-0.1, -0.05) is 35.9 Å². The molecule has 0 aliphatic rings. The fourth-order valence-electron chi connectivity index (χ4n) is 0.534. The van der Waals surface area contributed by atoms with Gasteiger partial charge in [0, 0.05) is 37.7 Å². The third-order valence-electron chi connectivity index (χ3n) is 0.940. The molecule has 0 spiro atoms. The van der Waals surface area contributed by atoms with E-state index < -0.39 is 0 Å². The van der Waals surface area contributed by atoms with Gasteiger partial charge in [0.15, 0.2) is 0 Å². The molecule has 0 aliphatic carbocycles. The maximum atomic E-state index is 2.08. The molecule has 0 bridgehead atoms. The van der Waals surface area contributed by atoms with Crippen LogP contribution in [0.4, 0.5) is 0 Å². The normalized spacial score (nSPS) is 6.78. The zero-order valence-electron chi connectivity index (χ0n) is 6.39. The fourth-order valence-corrected chi connectivity index (χ4v) is 0.534. The molecular formula is C7H8Li2. The van der Waals surface area contributed by atoms with E-state index in [0.717, 1.165) is 0 Å². The SMILES string of the molecule is Cc1ccccc1.[Li].[Li]. The van der Waals surface area contributed by atoms with E-state index in [0.29, 0.717) is 0 Å². The number of rotatable bonds is 0. The molecule has 2 radical (unpaired) electrons. The Morgan fingerprint density at radius 3 is 1.56 bits per heavy atom. The van der Waals surface area contributed by atoms with Gasteiger partial charge in [-0.2, -0.15) is 0 Å². The number of benzene rings is 1. The Morgan fingerprint density at radius 1 is 0.889 bits per heavy atom. The Kier molecular flexibility index (Phi) is 8.80. The van der Waals surface area contributed by atoms with Gasteiger partial charge in [-0.15, -0.1) is 0 Å². The van der Waals surface area contributed by atoms with Crippen LogP contribution in [0.15, 0.2) is 30.3 Å². The summed E-state index contributed by atoms with van der Waals surface area (Å²) in [4.78, 5) is 0. The van der Waals surface area contributed by atoms with Crippen molar-refractivity contribution in [2.75, 3.05) is 0 Å². The first-order chi connectivity index (χ1) is 3.39. The topological polar surface area (TPSA) is 0 Å². The van der Waals surface area contributed by atoms with Gasteiger partial charge >= 0.3 is 0 Å². The van der Waals surface area contributed by atoms with Gasteiger partial charge in [0.05, 0.1) is 0 Å². The van der Waals surface area contributed by atoms with Crippen molar-refractivity contribution in [1.29, 1.82) is 0 Å². The molecule has 1 aromatic carbocycles. The summed E-state index contributed by atoms with van der Waals surface area (Å²) in [6.07, 6.45) is 0. The Balaban J connectivity index is 0. The van der Waals surface area contributed by atoms with Crippen LogP contribution in [-0.2, 0) is 0 Å². The second-order valence-corrected chi connectivity index (χ2v) is 1.65. The maximum Gasteiger partial charge on any atom is 0 e. The van der Waals surface area contributed by atoms with E-state index in [-0.39, 0.29) is 37.7 Å². The van der Waals surface area contributed by atoms with Crippen LogP contribution in [0.3, 0.4) is 0 Å². The van der Waals surface area contributed by atoms with Crippen molar-refractivity contribution in [3.05, 3.63) is 35.9 Å². The molecule has 0 aliphatic heterocycles. The predicted molar refractivity (Wildman–Crippen MR) is 42.7 cm³/mol. The van der Waals surface area contributed by atoms with E-state index in [1.54, 1.807) is 0 Å². The second-order valence-electron chi connectivity index (χ2n) is 1.65. The van der Waals surface area contributed by atoms with Gasteiger partial charge < -0.3 is 0 Å². The van der Waals surface area contributed by atoms with Crippen molar-refractivity contribution in [3.8, 4) is 0 Å². The molecule has 38 valence electrons. The van der Waals surface area contributed by atoms with Crippen LogP contribution in [0, 0.1) is 6.92 Å². The molecule has 0 saturated heterocycles. The first-order valence-corrected chi connectivity index (χ1v) is 2.41. The third-order valence-corrected chi connectivity index (χ3v) is 0.940. The van der Waals surface area contributed by atoms with E-state index in [1.165, 1.54) is 5.56 Å². The van der Waals surface area contributed by atoms with E-state index in [1.807, 2.05) is 18.2 Å². The molecule has 0 fully saturated rings. The molecule has 2 heteroatoms. The van der Waals surface area contributed by atoms with Crippen molar-refractivity contribution >= 4 is 37.7 Å². The minimum absolute atomic E-state index is 0. The molecule has 0 amide bonds. The average molecular weight is 106 g/mol. The van der Waals surface area contributed by atoms with Crippen molar-refractivity contribution < 1.29 is 0 Å². The van der Waals surface area contributed by atoms with Gasteiger partial charge in [-0.25, -0.2) is 0 Å². The van der Waals surface area contributed by atoms with Gasteiger partial charge in [0.2, 0.25) is 0 Å². The standard InChI is InChI=1S/C7H8.2Li/c1-7-5-3-2-4-6-7;;/h2-6H,1H3;;. The predicted octanol–water partition coefficient (Wildman–Crippen LogP) is 1.23. The summed E-state index contributed by atoms with van der Waals surface area (Å²) >= 11 is 0. The van der Waals surface area contributed by atoms with Crippen molar-refractivity contribution in [2.24, 2.45) is 0 Å². The molecule has 1 rings (SSSR count). The number of hydrogen-bond donors (Lipinski definition) is 0.